The average Bonchev–Trinajstić information content (AvgIpc) is 2.27. The van der Waals surface area contributed by atoms with Crippen molar-refractivity contribution in [2.75, 3.05) is 12.8 Å². The molecule has 0 saturated carbocycles. The van der Waals surface area contributed by atoms with E-state index in [1.54, 1.807) is 11.8 Å². The first kappa shape index (κ1) is 15.1. The monoisotopic (exact) mass is 267 g/mol. The van der Waals surface area contributed by atoms with Gasteiger partial charge >= 0.3 is 5.97 Å². The number of benzene rings is 1. The topological polar surface area (TPSA) is 40.5 Å². The number of carbonyl (C=O) groups is 1. The van der Waals surface area contributed by atoms with E-state index in [0.29, 0.717) is 6.54 Å². The fourth-order valence-electron chi connectivity index (χ4n) is 1.64. The number of carboxylic acid groups (broad SMARTS) is 1. The maximum atomic E-state index is 10.9. The minimum absolute atomic E-state index is 0.0633. The minimum Gasteiger partial charge on any atom is -0.480 e. The van der Waals surface area contributed by atoms with E-state index in [2.05, 4.69) is 24.3 Å². The van der Waals surface area contributed by atoms with E-state index in [4.69, 9.17) is 5.11 Å². The Morgan fingerprint density at radius 1 is 1.28 bits per heavy atom. The Bertz CT molecular complexity index is 395. The van der Waals surface area contributed by atoms with Gasteiger partial charge < -0.3 is 5.11 Å². The van der Waals surface area contributed by atoms with Crippen molar-refractivity contribution in [2.45, 2.75) is 37.8 Å². The van der Waals surface area contributed by atoms with Crippen molar-refractivity contribution in [2.24, 2.45) is 0 Å². The summed E-state index contributed by atoms with van der Waals surface area (Å²) in [6, 6.07) is 8.27. The molecule has 1 rings (SSSR count). The van der Waals surface area contributed by atoms with E-state index >= 15 is 0 Å². The molecular weight excluding hydrogens is 246 g/mol. The van der Waals surface area contributed by atoms with Crippen LogP contribution in [0.4, 0.5) is 0 Å². The van der Waals surface area contributed by atoms with Crippen molar-refractivity contribution in [3.63, 3.8) is 0 Å². The molecule has 0 aromatic heterocycles. The lowest BCUT2D eigenvalue weighted by Gasteiger charge is -2.34. The lowest BCUT2D eigenvalue weighted by Crippen LogP contribution is -2.43. The number of nitrogens with zero attached hydrogens (tertiary/aromatic N) is 1. The van der Waals surface area contributed by atoms with Crippen LogP contribution in [0.5, 0.6) is 0 Å². The molecule has 0 heterocycles. The predicted octanol–water partition coefficient (Wildman–Crippen LogP) is 3.09. The summed E-state index contributed by atoms with van der Waals surface area (Å²) < 4.78 is 0. The molecule has 0 aliphatic carbocycles. The van der Waals surface area contributed by atoms with E-state index in [-0.39, 0.29) is 12.1 Å². The fraction of sp³-hybridized carbons (Fsp3) is 0.500. The van der Waals surface area contributed by atoms with Gasteiger partial charge in [0.15, 0.2) is 0 Å². The van der Waals surface area contributed by atoms with Crippen molar-refractivity contribution >= 4 is 17.7 Å². The fourth-order valence-corrected chi connectivity index (χ4v) is 2.05. The summed E-state index contributed by atoms with van der Waals surface area (Å²) in [7, 11) is 0. The van der Waals surface area contributed by atoms with Crippen LogP contribution in [-0.2, 0) is 11.3 Å². The van der Waals surface area contributed by atoms with E-state index in [1.807, 2.05) is 31.9 Å². The molecule has 0 bridgehead atoms. The zero-order valence-electron chi connectivity index (χ0n) is 11.4. The predicted molar refractivity (Wildman–Crippen MR) is 76.0 cm³/mol. The molecule has 0 unspecified atom stereocenters. The Labute approximate surface area is 113 Å². The van der Waals surface area contributed by atoms with E-state index in [1.165, 1.54) is 4.90 Å². The van der Waals surface area contributed by atoms with Gasteiger partial charge in [0.25, 0.3) is 0 Å². The molecule has 0 aliphatic rings. The number of hydrogen-bond donors (Lipinski definition) is 1. The third-order valence-corrected chi connectivity index (χ3v) is 3.55. The quantitative estimate of drug-likeness (QED) is 0.832. The van der Waals surface area contributed by atoms with Gasteiger partial charge in [-0.3, -0.25) is 9.69 Å². The average molecular weight is 267 g/mol. The maximum Gasteiger partial charge on any atom is 0.317 e. The molecule has 0 spiro atoms. The summed E-state index contributed by atoms with van der Waals surface area (Å²) in [5.74, 6) is -0.786. The Morgan fingerprint density at radius 2 is 1.83 bits per heavy atom. The highest BCUT2D eigenvalue weighted by atomic mass is 32.2. The van der Waals surface area contributed by atoms with Crippen molar-refractivity contribution in [1.29, 1.82) is 0 Å². The van der Waals surface area contributed by atoms with Crippen LogP contribution < -0.4 is 0 Å². The van der Waals surface area contributed by atoms with Crippen molar-refractivity contribution < 1.29 is 9.90 Å². The van der Waals surface area contributed by atoms with E-state index in [9.17, 15) is 4.79 Å². The molecule has 0 aliphatic heterocycles. The van der Waals surface area contributed by atoms with Gasteiger partial charge in [-0.25, -0.2) is 0 Å². The Kier molecular flexibility index (Phi) is 5.23. The molecule has 100 valence electrons. The summed E-state index contributed by atoms with van der Waals surface area (Å²) in [5.41, 5.74) is 0.986. The van der Waals surface area contributed by atoms with Crippen molar-refractivity contribution in [1.82, 2.24) is 4.90 Å². The number of aliphatic carboxylic acids is 1. The Morgan fingerprint density at radius 3 is 2.22 bits per heavy atom. The van der Waals surface area contributed by atoms with E-state index < -0.39 is 5.97 Å². The summed E-state index contributed by atoms with van der Waals surface area (Å²) >= 11 is 1.70. The van der Waals surface area contributed by atoms with Crippen molar-refractivity contribution in [3.8, 4) is 0 Å². The highest BCUT2D eigenvalue weighted by Gasteiger charge is 2.23. The molecule has 0 radical (unpaired) electrons. The van der Waals surface area contributed by atoms with Gasteiger partial charge in [0.1, 0.15) is 0 Å². The van der Waals surface area contributed by atoms with E-state index in [0.717, 1.165) is 5.56 Å². The summed E-state index contributed by atoms with van der Waals surface area (Å²) in [6.07, 6.45) is 2.04. The largest absolute Gasteiger partial charge is 0.480 e. The second-order valence-electron chi connectivity index (χ2n) is 5.27. The molecule has 18 heavy (non-hydrogen) atoms. The molecule has 4 heteroatoms. The standard InChI is InChI=1S/C14H21NO2S/c1-14(2,3)15(10-13(16)17)9-11-5-7-12(18-4)8-6-11/h5-8H,9-10H2,1-4H3,(H,16,17). The minimum atomic E-state index is -0.786. The second kappa shape index (κ2) is 6.25. The highest BCUT2D eigenvalue weighted by molar-refractivity contribution is 7.98. The van der Waals surface area contributed by atoms with Crippen LogP contribution in [0.2, 0.25) is 0 Å². The summed E-state index contributed by atoms with van der Waals surface area (Å²) in [4.78, 5) is 14.1. The van der Waals surface area contributed by atoms with Gasteiger partial charge in [-0.2, -0.15) is 0 Å². The first-order valence-electron chi connectivity index (χ1n) is 5.92. The first-order valence-corrected chi connectivity index (χ1v) is 7.15. The second-order valence-corrected chi connectivity index (χ2v) is 6.15. The Hall–Kier alpha value is -1.00. The van der Waals surface area contributed by atoms with Crippen LogP contribution in [0, 0.1) is 0 Å². The number of carboxylic acids is 1. The van der Waals surface area contributed by atoms with Crippen molar-refractivity contribution in [3.05, 3.63) is 29.8 Å². The molecule has 0 saturated heterocycles. The summed E-state index contributed by atoms with van der Waals surface area (Å²) in [5, 5.41) is 8.96. The van der Waals surface area contributed by atoms with Crippen LogP contribution in [0.15, 0.2) is 29.2 Å². The van der Waals surface area contributed by atoms with Gasteiger partial charge in [-0.05, 0) is 44.7 Å². The zero-order chi connectivity index (χ0) is 13.8. The molecule has 1 aromatic rings. The van der Waals surface area contributed by atoms with Crippen LogP contribution >= 0.6 is 11.8 Å². The van der Waals surface area contributed by atoms with Gasteiger partial charge in [0.2, 0.25) is 0 Å². The third-order valence-electron chi connectivity index (χ3n) is 2.81. The number of hydrogen-bond acceptors (Lipinski definition) is 3. The number of rotatable bonds is 5. The van der Waals surface area contributed by atoms with Gasteiger partial charge in [0.05, 0.1) is 6.54 Å². The maximum absolute atomic E-state index is 10.9. The molecule has 3 nitrogen and oxygen atoms in total. The molecular formula is C14H21NO2S. The summed E-state index contributed by atoms with van der Waals surface area (Å²) in [6.45, 7) is 6.82. The SMILES string of the molecule is CSc1ccc(CN(CC(=O)O)C(C)(C)C)cc1. The normalized spacial score (nSPS) is 11.8. The van der Waals surface area contributed by atoms with Gasteiger partial charge in [-0.15, -0.1) is 11.8 Å². The third kappa shape index (κ3) is 4.70. The molecule has 1 N–H and O–H groups in total. The lowest BCUT2D eigenvalue weighted by atomic mass is 10.0. The van der Waals surface area contributed by atoms with Crippen LogP contribution in [-0.4, -0.2) is 34.3 Å². The molecule has 0 amide bonds. The Balaban J connectivity index is 2.79. The zero-order valence-corrected chi connectivity index (χ0v) is 12.3. The first-order chi connectivity index (χ1) is 8.32. The smallest absolute Gasteiger partial charge is 0.317 e. The lowest BCUT2D eigenvalue weighted by molar-refractivity contribution is -0.139. The van der Waals surface area contributed by atoms with Gasteiger partial charge in [-0.1, -0.05) is 12.1 Å². The highest BCUT2D eigenvalue weighted by Crippen LogP contribution is 2.19. The molecule has 0 atom stereocenters. The van der Waals surface area contributed by atoms with Gasteiger partial charge in [0, 0.05) is 17.0 Å². The van der Waals surface area contributed by atoms with Crippen LogP contribution in [0.25, 0.3) is 0 Å². The molecule has 1 aromatic carbocycles. The van der Waals surface area contributed by atoms with Crippen LogP contribution in [0.1, 0.15) is 26.3 Å². The van der Waals surface area contributed by atoms with Crippen LogP contribution in [0.3, 0.4) is 0 Å². The molecule has 0 fully saturated rings. The number of thioether (sulfide) groups is 1.